The maximum absolute atomic E-state index is 12.6. The minimum absolute atomic E-state index is 0.196. The molecule has 26 heavy (non-hydrogen) atoms. The summed E-state index contributed by atoms with van der Waals surface area (Å²) in [5, 5.41) is 0. The Hall–Kier alpha value is -2.93. The van der Waals surface area contributed by atoms with E-state index in [1.54, 1.807) is 55.5 Å². The van der Waals surface area contributed by atoms with Crippen molar-refractivity contribution in [1.82, 2.24) is 9.97 Å². The summed E-state index contributed by atoms with van der Waals surface area (Å²) < 4.78 is 27.7. The summed E-state index contributed by atoms with van der Waals surface area (Å²) in [6, 6.07) is 14.9. The van der Waals surface area contributed by atoms with Gasteiger partial charge in [-0.3, -0.25) is 9.52 Å². The van der Waals surface area contributed by atoms with Crippen LogP contribution in [0.15, 0.2) is 64.3 Å². The third-order valence-electron chi connectivity index (χ3n) is 3.90. The van der Waals surface area contributed by atoms with E-state index in [0.29, 0.717) is 22.8 Å². The summed E-state index contributed by atoms with van der Waals surface area (Å²) in [6.07, 6.45) is 0.845. The maximum atomic E-state index is 12.6. The van der Waals surface area contributed by atoms with Gasteiger partial charge in [-0.05, 0) is 43.2 Å². The number of aryl methyl sites for hydroxylation is 2. The highest BCUT2D eigenvalue weighted by Gasteiger charge is 2.14. The number of anilines is 1. The monoisotopic (exact) mass is 369 g/mol. The lowest BCUT2D eigenvalue weighted by atomic mass is 10.2. The number of sulfonamides is 1. The zero-order valence-corrected chi connectivity index (χ0v) is 15.3. The molecule has 3 rings (SSSR count). The highest BCUT2D eigenvalue weighted by molar-refractivity contribution is 7.92. The summed E-state index contributed by atoms with van der Waals surface area (Å²) in [5.41, 5.74) is 2.42. The average molecular weight is 369 g/mol. The smallest absolute Gasteiger partial charge is 0.261 e. The first-order valence-electron chi connectivity index (χ1n) is 8.17. The number of aromatic nitrogens is 2. The van der Waals surface area contributed by atoms with E-state index in [1.807, 2.05) is 6.92 Å². The zero-order valence-electron chi connectivity index (χ0n) is 14.5. The Morgan fingerprint density at radius 1 is 1.08 bits per heavy atom. The molecule has 0 saturated carbocycles. The van der Waals surface area contributed by atoms with Crippen LogP contribution in [0.25, 0.3) is 11.4 Å². The molecule has 0 unspecified atom stereocenters. The van der Waals surface area contributed by atoms with Crippen LogP contribution in [-0.2, 0) is 16.4 Å². The first kappa shape index (κ1) is 17.9. The van der Waals surface area contributed by atoms with Crippen LogP contribution in [-0.4, -0.2) is 18.4 Å². The number of aromatic amines is 1. The summed E-state index contributed by atoms with van der Waals surface area (Å²) in [7, 11) is -3.70. The number of hydrogen-bond donors (Lipinski definition) is 2. The molecule has 0 aliphatic rings. The van der Waals surface area contributed by atoms with E-state index in [4.69, 9.17) is 0 Å². The van der Waals surface area contributed by atoms with Crippen LogP contribution in [0.5, 0.6) is 0 Å². The van der Waals surface area contributed by atoms with E-state index in [9.17, 15) is 13.2 Å². The summed E-state index contributed by atoms with van der Waals surface area (Å²) in [5.74, 6) is 0.392. The van der Waals surface area contributed by atoms with Gasteiger partial charge in [-0.2, -0.15) is 0 Å². The van der Waals surface area contributed by atoms with Crippen molar-refractivity contribution >= 4 is 15.7 Å². The molecular formula is C19H19N3O3S. The molecule has 2 aromatic carbocycles. The molecule has 1 heterocycles. The fourth-order valence-electron chi connectivity index (χ4n) is 2.56. The zero-order chi connectivity index (χ0) is 18.7. The first-order valence-corrected chi connectivity index (χ1v) is 9.66. The van der Waals surface area contributed by atoms with Crippen molar-refractivity contribution in [3.63, 3.8) is 0 Å². The first-order chi connectivity index (χ1) is 12.4. The fraction of sp³-hybridized carbons (Fsp3) is 0.158. The van der Waals surface area contributed by atoms with Crippen LogP contribution >= 0.6 is 0 Å². The van der Waals surface area contributed by atoms with Crippen LogP contribution in [0.1, 0.15) is 18.2 Å². The van der Waals surface area contributed by atoms with Crippen molar-refractivity contribution in [2.24, 2.45) is 0 Å². The lowest BCUT2D eigenvalue weighted by molar-refractivity contribution is 0.601. The Balaban J connectivity index is 1.91. The van der Waals surface area contributed by atoms with Crippen LogP contribution in [0, 0.1) is 6.92 Å². The standard InChI is InChI=1S/C19H19N3O3S/c1-3-14-7-9-17(10-8-14)26(24,25)22-16-6-4-5-15(12-16)19-20-13(2)11-18(23)21-19/h4-12,22H,3H2,1-2H3,(H,20,21,23). The van der Waals surface area contributed by atoms with Gasteiger partial charge in [0.25, 0.3) is 15.6 Å². The summed E-state index contributed by atoms with van der Waals surface area (Å²) in [6.45, 7) is 3.74. The largest absolute Gasteiger partial charge is 0.307 e. The quantitative estimate of drug-likeness (QED) is 0.723. The second-order valence-corrected chi connectivity index (χ2v) is 7.60. The van der Waals surface area contributed by atoms with Crippen molar-refractivity contribution < 1.29 is 8.42 Å². The van der Waals surface area contributed by atoms with Crippen LogP contribution in [0.3, 0.4) is 0 Å². The highest BCUT2D eigenvalue weighted by atomic mass is 32.2. The van der Waals surface area contributed by atoms with Gasteiger partial charge in [0.1, 0.15) is 5.82 Å². The number of rotatable bonds is 5. The molecule has 0 atom stereocenters. The molecule has 0 aliphatic heterocycles. The van der Waals surface area contributed by atoms with E-state index in [0.717, 1.165) is 12.0 Å². The minimum Gasteiger partial charge on any atom is -0.307 e. The molecule has 6 nitrogen and oxygen atoms in total. The molecule has 3 aromatic rings. The molecule has 1 aromatic heterocycles. The van der Waals surface area contributed by atoms with E-state index in [-0.39, 0.29) is 10.5 Å². The Morgan fingerprint density at radius 2 is 1.81 bits per heavy atom. The van der Waals surface area contributed by atoms with Gasteiger partial charge < -0.3 is 4.98 Å². The van der Waals surface area contributed by atoms with Gasteiger partial charge in [-0.1, -0.05) is 31.2 Å². The van der Waals surface area contributed by atoms with E-state index in [1.165, 1.54) is 6.07 Å². The van der Waals surface area contributed by atoms with Crippen molar-refractivity contribution in [3.8, 4) is 11.4 Å². The molecule has 7 heteroatoms. The fourth-order valence-corrected chi connectivity index (χ4v) is 3.61. The third-order valence-corrected chi connectivity index (χ3v) is 5.30. The number of benzene rings is 2. The van der Waals surface area contributed by atoms with Gasteiger partial charge in [0.05, 0.1) is 4.90 Å². The lowest BCUT2D eigenvalue weighted by Crippen LogP contribution is -2.13. The van der Waals surface area contributed by atoms with Gasteiger partial charge in [0.2, 0.25) is 0 Å². The van der Waals surface area contributed by atoms with E-state index in [2.05, 4.69) is 14.7 Å². The van der Waals surface area contributed by atoms with E-state index >= 15 is 0 Å². The maximum Gasteiger partial charge on any atom is 0.261 e. The van der Waals surface area contributed by atoms with Crippen LogP contribution in [0.2, 0.25) is 0 Å². The average Bonchev–Trinajstić information content (AvgIpc) is 2.61. The van der Waals surface area contributed by atoms with Gasteiger partial charge >= 0.3 is 0 Å². The van der Waals surface area contributed by atoms with E-state index < -0.39 is 10.0 Å². The number of hydrogen-bond acceptors (Lipinski definition) is 4. The van der Waals surface area contributed by atoms with Crippen LogP contribution < -0.4 is 10.3 Å². The SMILES string of the molecule is CCc1ccc(S(=O)(=O)Nc2cccc(-c3nc(C)cc(=O)[nH]3)c2)cc1. The number of H-pyrrole nitrogens is 1. The van der Waals surface area contributed by atoms with Crippen molar-refractivity contribution in [3.05, 3.63) is 76.2 Å². The second kappa shape index (κ2) is 7.13. The molecule has 0 amide bonds. The highest BCUT2D eigenvalue weighted by Crippen LogP contribution is 2.22. The molecule has 0 spiro atoms. The van der Waals surface area contributed by atoms with Crippen molar-refractivity contribution in [2.45, 2.75) is 25.2 Å². The normalized spacial score (nSPS) is 11.3. The molecular weight excluding hydrogens is 350 g/mol. The number of nitrogens with one attached hydrogen (secondary N) is 2. The van der Waals surface area contributed by atoms with Gasteiger partial charge in [-0.15, -0.1) is 0 Å². The summed E-state index contributed by atoms with van der Waals surface area (Å²) >= 11 is 0. The van der Waals surface area contributed by atoms with Gasteiger partial charge in [-0.25, -0.2) is 13.4 Å². The Bertz CT molecular complexity index is 1090. The summed E-state index contributed by atoms with van der Waals surface area (Å²) in [4.78, 5) is 18.8. The second-order valence-electron chi connectivity index (χ2n) is 5.92. The lowest BCUT2D eigenvalue weighted by Gasteiger charge is -2.10. The van der Waals surface area contributed by atoms with Crippen molar-refractivity contribution in [1.29, 1.82) is 0 Å². The molecule has 2 N–H and O–H groups in total. The molecule has 0 bridgehead atoms. The van der Waals surface area contributed by atoms with Gasteiger partial charge in [0.15, 0.2) is 0 Å². The molecule has 134 valence electrons. The van der Waals surface area contributed by atoms with Crippen LogP contribution in [0.4, 0.5) is 5.69 Å². The third kappa shape index (κ3) is 4.00. The Kier molecular flexibility index (Phi) is 4.90. The minimum atomic E-state index is -3.70. The van der Waals surface area contributed by atoms with Crippen molar-refractivity contribution in [2.75, 3.05) is 4.72 Å². The predicted molar refractivity (Wildman–Crippen MR) is 102 cm³/mol. The Labute approximate surface area is 152 Å². The molecule has 0 aliphatic carbocycles. The topological polar surface area (TPSA) is 91.9 Å². The Morgan fingerprint density at radius 3 is 2.46 bits per heavy atom. The van der Waals surface area contributed by atoms with Gasteiger partial charge in [0, 0.05) is 23.0 Å². The molecule has 0 radical (unpaired) electrons. The predicted octanol–water partition coefficient (Wildman–Crippen LogP) is 3.11. The number of nitrogens with zero attached hydrogens (tertiary/aromatic N) is 1. The molecule has 0 fully saturated rings. The molecule has 0 saturated heterocycles.